The molecular formula is C7H9AsFN. The Bertz CT molecular complexity index is 225. The number of nitrogens with zero attached hydrogens (tertiary/aromatic N) is 1. The van der Waals surface area contributed by atoms with Crippen LogP contribution < -0.4 is 4.48 Å². The van der Waals surface area contributed by atoms with Gasteiger partial charge in [0.1, 0.15) is 0 Å². The van der Waals surface area contributed by atoms with Crippen molar-refractivity contribution in [2.24, 2.45) is 0 Å². The summed E-state index contributed by atoms with van der Waals surface area (Å²) in [5, 5.41) is 0. The van der Waals surface area contributed by atoms with Gasteiger partial charge in [0, 0.05) is 0 Å². The third-order valence-electron chi connectivity index (χ3n) is 1.16. The first-order chi connectivity index (χ1) is 4.72. The van der Waals surface area contributed by atoms with E-state index in [0.29, 0.717) is 4.48 Å². The van der Waals surface area contributed by atoms with Crippen molar-refractivity contribution in [3.05, 3.63) is 24.1 Å². The zero-order chi connectivity index (χ0) is 7.56. The van der Waals surface area contributed by atoms with Gasteiger partial charge in [-0.1, -0.05) is 0 Å². The second kappa shape index (κ2) is 3.16. The van der Waals surface area contributed by atoms with Crippen LogP contribution >= 0.6 is 0 Å². The van der Waals surface area contributed by atoms with Crippen LogP contribution in [0.2, 0.25) is 11.4 Å². The number of aromatic nitrogens is 1. The summed E-state index contributed by atoms with van der Waals surface area (Å²) < 4.78 is 13.5. The molecule has 0 amide bonds. The van der Waals surface area contributed by atoms with E-state index in [9.17, 15) is 4.39 Å². The first-order valence-electron chi connectivity index (χ1n) is 2.99. The van der Waals surface area contributed by atoms with Crippen molar-refractivity contribution in [2.45, 2.75) is 11.4 Å². The molecule has 0 saturated heterocycles. The van der Waals surface area contributed by atoms with Gasteiger partial charge < -0.3 is 0 Å². The average molecular weight is 201 g/mol. The van der Waals surface area contributed by atoms with E-state index in [0.717, 1.165) is 0 Å². The van der Waals surface area contributed by atoms with Gasteiger partial charge in [-0.05, 0) is 0 Å². The average Bonchev–Trinajstić information content (AvgIpc) is 1.88. The van der Waals surface area contributed by atoms with Gasteiger partial charge in [-0.25, -0.2) is 0 Å². The summed E-state index contributed by atoms with van der Waals surface area (Å²) in [7, 11) is 0. The monoisotopic (exact) mass is 201 g/mol. The Hall–Kier alpha value is -0.362. The van der Waals surface area contributed by atoms with E-state index in [2.05, 4.69) is 16.4 Å². The van der Waals surface area contributed by atoms with Gasteiger partial charge in [0.15, 0.2) is 0 Å². The standard InChI is InChI=1S/C7H9AsFN/c1-8(2)7-6(9)4-3-5-10-7/h3-5H,1-2H3. The third-order valence-corrected chi connectivity index (χ3v) is 3.63. The molecule has 1 heterocycles. The van der Waals surface area contributed by atoms with Gasteiger partial charge >= 0.3 is 64.1 Å². The van der Waals surface area contributed by atoms with Crippen LogP contribution in [-0.2, 0) is 0 Å². The molecule has 0 aliphatic carbocycles. The molecule has 0 atom stereocenters. The molecule has 54 valence electrons. The second-order valence-corrected chi connectivity index (χ2v) is 6.85. The van der Waals surface area contributed by atoms with Crippen LogP contribution in [0.25, 0.3) is 0 Å². The molecular weight excluding hydrogens is 192 g/mol. The van der Waals surface area contributed by atoms with E-state index in [1.807, 2.05) is 0 Å². The Morgan fingerprint density at radius 2 is 2.20 bits per heavy atom. The van der Waals surface area contributed by atoms with E-state index in [1.54, 1.807) is 12.3 Å². The maximum atomic E-state index is 12.8. The van der Waals surface area contributed by atoms with Crippen molar-refractivity contribution < 1.29 is 4.39 Å². The predicted molar refractivity (Wildman–Crippen MR) is 41.3 cm³/mol. The zero-order valence-electron chi connectivity index (χ0n) is 6.00. The van der Waals surface area contributed by atoms with Gasteiger partial charge in [0.25, 0.3) is 0 Å². The van der Waals surface area contributed by atoms with E-state index >= 15 is 0 Å². The van der Waals surface area contributed by atoms with E-state index in [4.69, 9.17) is 0 Å². The second-order valence-electron chi connectivity index (χ2n) is 2.20. The van der Waals surface area contributed by atoms with Crippen molar-refractivity contribution in [3.63, 3.8) is 0 Å². The maximum absolute atomic E-state index is 12.8. The molecule has 0 fully saturated rings. The Morgan fingerprint density at radius 3 is 2.60 bits per heavy atom. The van der Waals surface area contributed by atoms with Gasteiger partial charge in [-0.15, -0.1) is 0 Å². The summed E-state index contributed by atoms with van der Waals surface area (Å²) in [6, 6.07) is 3.09. The number of rotatable bonds is 1. The summed E-state index contributed by atoms with van der Waals surface area (Å²) in [6.45, 7) is 0. The van der Waals surface area contributed by atoms with Crippen molar-refractivity contribution in [1.29, 1.82) is 0 Å². The summed E-state index contributed by atoms with van der Waals surface area (Å²) in [5.41, 5.74) is 4.14. The van der Waals surface area contributed by atoms with E-state index in [1.165, 1.54) is 6.07 Å². The predicted octanol–water partition coefficient (Wildman–Crippen LogP) is 1.18. The molecule has 1 rings (SSSR count). The minimum atomic E-state index is -1.12. The fraction of sp³-hybridized carbons (Fsp3) is 0.286. The van der Waals surface area contributed by atoms with E-state index < -0.39 is 14.7 Å². The van der Waals surface area contributed by atoms with Gasteiger partial charge in [-0.3, -0.25) is 0 Å². The molecule has 0 unspecified atom stereocenters. The zero-order valence-corrected chi connectivity index (χ0v) is 7.88. The van der Waals surface area contributed by atoms with Crippen LogP contribution in [-0.4, -0.2) is 19.6 Å². The quantitative estimate of drug-likeness (QED) is 0.621. The van der Waals surface area contributed by atoms with Crippen LogP contribution in [0.4, 0.5) is 4.39 Å². The van der Waals surface area contributed by atoms with Crippen molar-refractivity contribution in [1.82, 2.24) is 4.98 Å². The number of hydrogen-bond donors (Lipinski definition) is 0. The topological polar surface area (TPSA) is 12.9 Å². The fourth-order valence-electron chi connectivity index (χ4n) is 0.706. The molecule has 0 aromatic carbocycles. The summed E-state index contributed by atoms with van der Waals surface area (Å²) in [6.07, 6.45) is 1.65. The molecule has 1 aromatic heterocycles. The summed E-state index contributed by atoms with van der Waals surface area (Å²) in [4.78, 5) is 3.97. The first kappa shape index (κ1) is 7.74. The Labute approximate surface area is 64.5 Å². The molecule has 1 aromatic rings. The van der Waals surface area contributed by atoms with Crippen LogP contribution in [0, 0.1) is 5.82 Å². The normalized spacial score (nSPS) is 10.4. The molecule has 0 radical (unpaired) electrons. The van der Waals surface area contributed by atoms with E-state index in [-0.39, 0.29) is 5.82 Å². The molecule has 0 saturated carbocycles. The van der Waals surface area contributed by atoms with Crippen molar-refractivity contribution in [3.8, 4) is 0 Å². The summed E-state index contributed by atoms with van der Waals surface area (Å²) >= 11 is -1.12. The van der Waals surface area contributed by atoms with Crippen LogP contribution in [0.3, 0.4) is 0 Å². The Morgan fingerprint density at radius 1 is 1.50 bits per heavy atom. The fourth-order valence-corrected chi connectivity index (χ4v) is 2.38. The van der Waals surface area contributed by atoms with Crippen LogP contribution in [0.1, 0.15) is 0 Å². The summed E-state index contributed by atoms with van der Waals surface area (Å²) in [5.74, 6) is -0.146. The first-order valence-corrected chi connectivity index (χ1v) is 7.69. The van der Waals surface area contributed by atoms with Crippen molar-refractivity contribution >= 4 is 19.1 Å². The van der Waals surface area contributed by atoms with Gasteiger partial charge in [0.05, 0.1) is 0 Å². The molecule has 0 bridgehead atoms. The molecule has 0 aliphatic heterocycles. The Kier molecular flexibility index (Phi) is 2.44. The molecule has 1 nitrogen and oxygen atoms in total. The molecule has 0 N–H and O–H groups in total. The number of hydrogen-bond acceptors (Lipinski definition) is 1. The van der Waals surface area contributed by atoms with Crippen LogP contribution in [0.15, 0.2) is 18.3 Å². The molecule has 3 heteroatoms. The number of halogens is 1. The van der Waals surface area contributed by atoms with Gasteiger partial charge in [-0.2, -0.15) is 0 Å². The van der Waals surface area contributed by atoms with Crippen molar-refractivity contribution in [2.75, 3.05) is 0 Å². The molecule has 0 spiro atoms. The minimum absolute atomic E-state index is 0.146. The van der Waals surface area contributed by atoms with Crippen LogP contribution in [0.5, 0.6) is 0 Å². The molecule has 0 aliphatic rings. The third kappa shape index (κ3) is 1.57. The Balaban J connectivity index is 3.03. The molecule has 10 heavy (non-hydrogen) atoms. The van der Waals surface area contributed by atoms with Gasteiger partial charge in [0.2, 0.25) is 0 Å². The number of pyridine rings is 1. The SMILES string of the molecule is C[As](C)c1ncccc1F.